The molecule has 1 aliphatic rings. The molecule has 2 aromatic carbocycles. The molecule has 4 rings (SSSR count). The summed E-state index contributed by atoms with van der Waals surface area (Å²) in [5.74, 6) is 0.119. The lowest BCUT2D eigenvalue weighted by Gasteiger charge is -2.37. The Kier molecular flexibility index (Phi) is 9.24. The third kappa shape index (κ3) is 6.52. The van der Waals surface area contributed by atoms with Gasteiger partial charge < -0.3 is 19.5 Å². The van der Waals surface area contributed by atoms with Gasteiger partial charge in [-0.25, -0.2) is 13.4 Å². The number of nitrogens with zero attached hydrogens (tertiary/aromatic N) is 3. The first-order chi connectivity index (χ1) is 19.1. The lowest BCUT2D eigenvalue weighted by atomic mass is 10.00. The number of carbonyl (C=O) groups is 1. The molecule has 1 aliphatic heterocycles. The molecule has 40 heavy (non-hydrogen) atoms. The number of sulfonamides is 1. The molecule has 0 bridgehead atoms. The standard InChI is InChI=1S/C30H35N3O6S/c1-21-18-33(22(2)20-34)30(35)27-16-24(11-10-23-8-6-5-7-9-23)17-31-29(27)39-28(21)19-32(3)40(36,37)26-14-12-25(38-4)13-15-26/h5-17,21-22,28,34H,18-20H2,1-4H3/t21-,22-,28+/m1/s1. The predicted molar refractivity (Wildman–Crippen MR) is 154 cm³/mol. The normalized spacial score (nSPS) is 18.6. The van der Waals surface area contributed by atoms with E-state index in [2.05, 4.69) is 4.98 Å². The highest BCUT2D eigenvalue weighted by Gasteiger charge is 2.35. The van der Waals surface area contributed by atoms with Crippen molar-refractivity contribution in [2.45, 2.75) is 30.9 Å². The summed E-state index contributed by atoms with van der Waals surface area (Å²) >= 11 is 0. The van der Waals surface area contributed by atoms with Gasteiger partial charge in [0.05, 0.1) is 31.2 Å². The van der Waals surface area contributed by atoms with E-state index in [1.165, 1.54) is 30.6 Å². The molecule has 2 heterocycles. The summed E-state index contributed by atoms with van der Waals surface area (Å²) in [5, 5.41) is 9.90. The first-order valence-electron chi connectivity index (χ1n) is 13.1. The number of ether oxygens (including phenoxy) is 2. The van der Waals surface area contributed by atoms with Crippen LogP contribution >= 0.6 is 0 Å². The van der Waals surface area contributed by atoms with Gasteiger partial charge in [-0.2, -0.15) is 4.31 Å². The van der Waals surface area contributed by atoms with Crippen molar-refractivity contribution in [1.29, 1.82) is 0 Å². The fraction of sp³-hybridized carbons (Fsp3) is 0.333. The number of fused-ring (bicyclic) bond motifs is 1. The molecular weight excluding hydrogens is 530 g/mol. The second-order valence-corrected chi connectivity index (χ2v) is 12.0. The smallest absolute Gasteiger partial charge is 0.259 e. The van der Waals surface area contributed by atoms with Gasteiger partial charge in [-0.1, -0.05) is 49.4 Å². The molecule has 212 valence electrons. The zero-order valence-corrected chi connectivity index (χ0v) is 23.9. The van der Waals surface area contributed by atoms with Crippen LogP contribution in [0.15, 0.2) is 71.8 Å². The highest BCUT2D eigenvalue weighted by Crippen LogP contribution is 2.29. The number of benzene rings is 2. The predicted octanol–water partition coefficient (Wildman–Crippen LogP) is 3.80. The largest absolute Gasteiger partial charge is 0.497 e. The molecule has 3 atom stereocenters. The third-order valence-electron chi connectivity index (χ3n) is 7.01. The van der Waals surface area contributed by atoms with Crippen LogP contribution in [0.5, 0.6) is 11.6 Å². The maximum atomic E-state index is 13.6. The minimum Gasteiger partial charge on any atom is -0.497 e. The van der Waals surface area contributed by atoms with E-state index in [1.807, 2.05) is 49.4 Å². The van der Waals surface area contributed by atoms with Crippen LogP contribution in [0.4, 0.5) is 0 Å². The molecule has 0 radical (unpaired) electrons. The molecule has 1 amide bonds. The van der Waals surface area contributed by atoms with E-state index in [0.29, 0.717) is 11.3 Å². The minimum atomic E-state index is -3.82. The number of pyridine rings is 1. The number of hydrogen-bond donors (Lipinski definition) is 1. The van der Waals surface area contributed by atoms with Gasteiger partial charge in [0.15, 0.2) is 0 Å². The van der Waals surface area contributed by atoms with Crippen LogP contribution in [0, 0.1) is 5.92 Å². The van der Waals surface area contributed by atoms with Crippen LogP contribution in [0.2, 0.25) is 0 Å². The number of aromatic nitrogens is 1. The van der Waals surface area contributed by atoms with Crippen molar-refractivity contribution in [1.82, 2.24) is 14.2 Å². The van der Waals surface area contributed by atoms with Crippen LogP contribution in [0.1, 0.15) is 35.3 Å². The van der Waals surface area contributed by atoms with Gasteiger partial charge in [0.25, 0.3) is 5.91 Å². The van der Waals surface area contributed by atoms with E-state index in [4.69, 9.17) is 9.47 Å². The van der Waals surface area contributed by atoms with E-state index in [-0.39, 0.29) is 47.9 Å². The fourth-order valence-electron chi connectivity index (χ4n) is 4.46. The van der Waals surface area contributed by atoms with Crippen molar-refractivity contribution in [3.05, 3.63) is 83.6 Å². The Hall–Kier alpha value is -3.73. The number of hydrogen-bond acceptors (Lipinski definition) is 7. The Bertz CT molecular complexity index is 1440. The Morgan fingerprint density at radius 3 is 2.48 bits per heavy atom. The molecule has 9 nitrogen and oxygen atoms in total. The van der Waals surface area contributed by atoms with Crippen LogP contribution in [-0.2, 0) is 10.0 Å². The number of aliphatic hydroxyl groups excluding tert-OH is 1. The lowest BCUT2D eigenvalue weighted by Crippen LogP contribution is -2.50. The first kappa shape index (κ1) is 29.3. The van der Waals surface area contributed by atoms with E-state index in [9.17, 15) is 18.3 Å². The van der Waals surface area contributed by atoms with E-state index >= 15 is 0 Å². The lowest BCUT2D eigenvalue weighted by molar-refractivity contribution is 0.0373. The first-order valence-corrected chi connectivity index (χ1v) is 14.5. The minimum absolute atomic E-state index is 0.0296. The second kappa shape index (κ2) is 12.6. The summed E-state index contributed by atoms with van der Waals surface area (Å²) in [6.45, 7) is 3.75. The van der Waals surface area contributed by atoms with E-state index in [1.54, 1.807) is 36.2 Å². The average Bonchev–Trinajstić information content (AvgIpc) is 2.98. The molecule has 0 spiro atoms. The van der Waals surface area contributed by atoms with Gasteiger partial charge in [-0.15, -0.1) is 0 Å². The summed E-state index contributed by atoms with van der Waals surface area (Å²) in [4.78, 5) is 19.8. The molecule has 0 aliphatic carbocycles. The topological polar surface area (TPSA) is 109 Å². The molecular formula is C30H35N3O6S. The number of amides is 1. The van der Waals surface area contributed by atoms with Gasteiger partial charge in [0.2, 0.25) is 15.9 Å². The van der Waals surface area contributed by atoms with Crippen LogP contribution in [-0.4, -0.2) is 79.6 Å². The highest BCUT2D eigenvalue weighted by molar-refractivity contribution is 7.89. The average molecular weight is 566 g/mol. The second-order valence-electron chi connectivity index (χ2n) is 9.95. The zero-order chi connectivity index (χ0) is 28.9. The number of aliphatic hydroxyl groups is 1. The number of carbonyl (C=O) groups excluding carboxylic acids is 1. The third-order valence-corrected chi connectivity index (χ3v) is 8.85. The van der Waals surface area contributed by atoms with Crippen LogP contribution < -0.4 is 9.47 Å². The van der Waals surface area contributed by atoms with Gasteiger partial charge in [-0.05, 0) is 48.4 Å². The molecule has 1 aromatic heterocycles. The summed E-state index contributed by atoms with van der Waals surface area (Å²) < 4.78 is 39.3. The summed E-state index contributed by atoms with van der Waals surface area (Å²) in [5.41, 5.74) is 1.97. The van der Waals surface area contributed by atoms with Crippen molar-refractivity contribution >= 4 is 28.1 Å². The number of likely N-dealkylation sites (N-methyl/N-ethyl adjacent to an activating group) is 1. The number of methoxy groups -OCH3 is 1. The quantitative estimate of drug-likeness (QED) is 0.420. The summed E-state index contributed by atoms with van der Waals surface area (Å²) in [6.07, 6.45) is 4.79. The molecule has 0 fully saturated rings. The van der Waals surface area contributed by atoms with Crippen molar-refractivity contribution in [2.24, 2.45) is 5.92 Å². The molecule has 0 saturated carbocycles. The van der Waals surface area contributed by atoms with Crippen molar-refractivity contribution in [3.8, 4) is 11.6 Å². The Labute approximate surface area is 235 Å². The Morgan fingerprint density at radius 2 is 1.82 bits per heavy atom. The van der Waals surface area contributed by atoms with Crippen molar-refractivity contribution in [2.75, 3.05) is 33.9 Å². The zero-order valence-electron chi connectivity index (χ0n) is 23.1. The summed E-state index contributed by atoms with van der Waals surface area (Å²) in [7, 11) is -0.807. The SMILES string of the molecule is COc1ccc(S(=O)(=O)N(C)C[C@@H]2Oc3ncc(C=Cc4ccccc4)cc3C(=O)N([C@H](C)CO)C[C@H]2C)cc1. The highest BCUT2D eigenvalue weighted by atomic mass is 32.2. The molecule has 1 N–H and O–H groups in total. The molecule has 10 heteroatoms. The summed E-state index contributed by atoms with van der Waals surface area (Å²) in [6, 6.07) is 17.2. The maximum absolute atomic E-state index is 13.6. The fourth-order valence-corrected chi connectivity index (χ4v) is 5.65. The van der Waals surface area contributed by atoms with Crippen LogP contribution in [0.25, 0.3) is 12.2 Å². The molecule has 3 aromatic rings. The maximum Gasteiger partial charge on any atom is 0.259 e. The van der Waals surface area contributed by atoms with E-state index in [0.717, 1.165) is 5.56 Å². The van der Waals surface area contributed by atoms with Gasteiger partial charge in [0, 0.05) is 25.7 Å². The van der Waals surface area contributed by atoms with Gasteiger partial charge >= 0.3 is 0 Å². The Balaban J connectivity index is 1.65. The molecule has 0 unspecified atom stereocenters. The van der Waals surface area contributed by atoms with Gasteiger partial charge in [-0.3, -0.25) is 4.79 Å². The Morgan fingerprint density at radius 1 is 1.15 bits per heavy atom. The van der Waals surface area contributed by atoms with Gasteiger partial charge in [0.1, 0.15) is 17.4 Å². The van der Waals surface area contributed by atoms with Crippen molar-refractivity contribution in [3.63, 3.8) is 0 Å². The molecule has 0 saturated heterocycles. The van der Waals surface area contributed by atoms with Crippen molar-refractivity contribution < 1.29 is 27.8 Å². The van der Waals surface area contributed by atoms with E-state index < -0.39 is 22.2 Å². The monoisotopic (exact) mass is 565 g/mol. The van der Waals surface area contributed by atoms with Crippen LogP contribution in [0.3, 0.4) is 0 Å². The number of rotatable bonds is 9.